The van der Waals surface area contributed by atoms with E-state index in [1.807, 2.05) is 4.90 Å². The van der Waals surface area contributed by atoms with Crippen LogP contribution < -0.4 is 5.32 Å². The summed E-state index contributed by atoms with van der Waals surface area (Å²) in [7, 11) is 0. The van der Waals surface area contributed by atoms with Crippen LogP contribution in [0.4, 0.5) is 0 Å². The van der Waals surface area contributed by atoms with E-state index >= 15 is 0 Å². The molecule has 68 valence electrons. The molecule has 1 aliphatic carbocycles. The fourth-order valence-electron chi connectivity index (χ4n) is 1.73. The average molecular weight is 168 g/mol. The van der Waals surface area contributed by atoms with Crippen molar-refractivity contribution in [3.05, 3.63) is 0 Å². The van der Waals surface area contributed by atoms with Crippen molar-refractivity contribution in [3.63, 3.8) is 0 Å². The van der Waals surface area contributed by atoms with Crippen molar-refractivity contribution >= 4 is 5.91 Å². The third-order valence-corrected chi connectivity index (χ3v) is 2.71. The van der Waals surface area contributed by atoms with Gasteiger partial charge in [0, 0.05) is 31.6 Å². The summed E-state index contributed by atoms with van der Waals surface area (Å²) in [4.78, 5) is 13.7. The first-order valence-corrected chi connectivity index (χ1v) is 4.80. The predicted octanol–water partition coefficient (Wildman–Crippen LogP) is 0.217. The molecular formula is C9H16N2O. The zero-order chi connectivity index (χ0) is 8.55. The van der Waals surface area contributed by atoms with Gasteiger partial charge < -0.3 is 10.2 Å². The van der Waals surface area contributed by atoms with E-state index in [4.69, 9.17) is 0 Å². The Kier molecular flexibility index (Phi) is 2.05. The zero-order valence-corrected chi connectivity index (χ0v) is 7.55. The van der Waals surface area contributed by atoms with E-state index in [0.29, 0.717) is 17.9 Å². The molecule has 1 saturated carbocycles. The molecule has 0 aromatic rings. The Balaban J connectivity index is 1.95. The maximum atomic E-state index is 11.7. The Labute approximate surface area is 73.1 Å². The van der Waals surface area contributed by atoms with Crippen LogP contribution in [0.25, 0.3) is 0 Å². The van der Waals surface area contributed by atoms with Gasteiger partial charge in [0.2, 0.25) is 5.91 Å². The van der Waals surface area contributed by atoms with Gasteiger partial charge >= 0.3 is 0 Å². The number of carbonyl (C=O) groups is 1. The van der Waals surface area contributed by atoms with E-state index in [9.17, 15) is 4.79 Å². The number of nitrogens with zero attached hydrogens (tertiary/aromatic N) is 1. The maximum Gasteiger partial charge on any atom is 0.226 e. The average Bonchev–Trinajstić information content (AvgIpc) is 2.86. The molecular weight excluding hydrogens is 152 g/mol. The number of rotatable bonds is 1. The van der Waals surface area contributed by atoms with Crippen LogP contribution in [-0.2, 0) is 4.79 Å². The van der Waals surface area contributed by atoms with Gasteiger partial charge in [-0.1, -0.05) is 0 Å². The first-order chi connectivity index (χ1) is 5.79. The van der Waals surface area contributed by atoms with E-state index < -0.39 is 0 Å². The van der Waals surface area contributed by atoms with E-state index in [0.717, 1.165) is 32.5 Å². The molecule has 1 amide bonds. The van der Waals surface area contributed by atoms with Gasteiger partial charge in [0.25, 0.3) is 0 Å². The van der Waals surface area contributed by atoms with Crippen LogP contribution in [0.5, 0.6) is 0 Å². The van der Waals surface area contributed by atoms with Crippen molar-refractivity contribution in [2.45, 2.75) is 25.8 Å². The molecule has 2 fully saturated rings. The first kappa shape index (κ1) is 8.05. The van der Waals surface area contributed by atoms with Crippen molar-refractivity contribution < 1.29 is 4.79 Å². The standard InChI is InChI=1S/C9H16N2O/c1-7-6-10-4-5-11(7)9(12)8-2-3-8/h7-8,10H,2-6H2,1H3/t7-/m0/s1. The lowest BCUT2D eigenvalue weighted by atomic mass is 10.2. The van der Waals surface area contributed by atoms with Gasteiger partial charge in [-0.25, -0.2) is 0 Å². The summed E-state index contributed by atoms with van der Waals surface area (Å²) in [5.41, 5.74) is 0. The van der Waals surface area contributed by atoms with Gasteiger partial charge in [-0.3, -0.25) is 4.79 Å². The van der Waals surface area contributed by atoms with Crippen LogP contribution in [-0.4, -0.2) is 36.5 Å². The number of hydrogen-bond donors (Lipinski definition) is 1. The van der Waals surface area contributed by atoms with Crippen molar-refractivity contribution in [3.8, 4) is 0 Å². The smallest absolute Gasteiger partial charge is 0.226 e. The van der Waals surface area contributed by atoms with Crippen LogP contribution in [0, 0.1) is 5.92 Å². The molecule has 1 N–H and O–H groups in total. The zero-order valence-electron chi connectivity index (χ0n) is 7.55. The molecule has 2 aliphatic rings. The molecule has 3 heteroatoms. The summed E-state index contributed by atoms with van der Waals surface area (Å²) < 4.78 is 0. The molecule has 12 heavy (non-hydrogen) atoms. The van der Waals surface area contributed by atoms with Crippen molar-refractivity contribution in [1.29, 1.82) is 0 Å². The lowest BCUT2D eigenvalue weighted by molar-refractivity contribution is -0.135. The van der Waals surface area contributed by atoms with Gasteiger partial charge in [0.15, 0.2) is 0 Å². The van der Waals surface area contributed by atoms with E-state index in [-0.39, 0.29) is 0 Å². The Morgan fingerprint density at radius 2 is 2.25 bits per heavy atom. The first-order valence-electron chi connectivity index (χ1n) is 4.80. The predicted molar refractivity (Wildman–Crippen MR) is 46.8 cm³/mol. The molecule has 2 rings (SSSR count). The molecule has 1 atom stereocenters. The Bertz CT molecular complexity index is 189. The number of piperazine rings is 1. The van der Waals surface area contributed by atoms with Crippen LogP contribution in [0.15, 0.2) is 0 Å². The molecule has 0 aromatic heterocycles. The maximum absolute atomic E-state index is 11.7. The van der Waals surface area contributed by atoms with Gasteiger partial charge in [0.05, 0.1) is 0 Å². The third kappa shape index (κ3) is 1.46. The fraction of sp³-hybridized carbons (Fsp3) is 0.889. The van der Waals surface area contributed by atoms with E-state index in [1.165, 1.54) is 0 Å². The van der Waals surface area contributed by atoms with Crippen molar-refractivity contribution in [1.82, 2.24) is 10.2 Å². The number of hydrogen-bond acceptors (Lipinski definition) is 2. The summed E-state index contributed by atoms with van der Waals surface area (Å²) in [5, 5.41) is 3.28. The number of nitrogens with one attached hydrogen (secondary N) is 1. The molecule has 0 aromatic carbocycles. The molecule has 0 radical (unpaired) electrons. The minimum atomic E-state index is 0.380. The highest BCUT2D eigenvalue weighted by atomic mass is 16.2. The minimum absolute atomic E-state index is 0.380. The van der Waals surface area contributed by atoms with Crippen molar-refractivity contribution in [2.75, 3.05) is 19.6 Å². The lowest BCUT2D eigenvalue weighted by Gasteiger charge is -2.34. The van der Waals surface area contributed by atoms with Gasteiger partial charge in [-0.05, 0) is 19.8 Å². The Morgan fingerprint density at radius 1 is 1.50 bits per heavy atom. The second kappa shape index (κ2) is 3.05. The van der Waals surface area contributed by atoms with E-state index in [1.54, 1.807) is 0 Å². The molecule has 1 aliphatic heterocycles. The molecule has 1 heterocycles. The molecule has 0 bridgehead atoms. The monoisotopic (exact) mass is 168 g/mol. The van der Waals surface area contributed by atoms with Crippen LogP contribution >= 0.6 is 0 Å². The fourth-order valence-corrected chi connectivity index (χ4v) is 1.73. The Morgan fingerprint density at radius 3 is 2.83 bits per heavy atom. The highest BCUT2D eigenvalue weighted by Gasteiger charge is 2.35. The largest absolute Gasteiger partial charge is 0.337 e. The summed E-state index contributed by atoms with van der Waals surface area (Å²) >= 11 is 0. The van der Waals surface area contributed by atoms with Crippen molar-refractivity contribution in [2.24, 2.45) is 5.92 Å². The molecule has 0 spiro atoms. The van der Waals surface area contributed by atoms with Crippen LogP contribution in [0.3, 0.4) is 0 Å². The summed E-state index contributed by atoms with van der Waals surface area (Å²) in [6, 6.07) is 0.395. The SMILES string of the molecule is C[C@H]1CNCCN1C(=O)C1CC1. The lowest BCUT2D eigenvalue weighted by Crippen LogP contribution is -2.52. The number of amides is 1. The highest BCUT2D eigenvalue weighted by Crippen LogP contribution is 2.31. The normalized spacial score (nSPS) is 30.4. The quantitative estimate of drug-likeness (QED) is 0.607. The number of carbonyl (C=O) groups excluding carboxylic acids is 1. The topological polar surface area (TPSA) is 32.3 Å². The summed E-state index contributed by atoms with van der Waals surface area (Å²) in [6.45, 7) is 4.93. The third-order valence-electron chi connectivity index (χ3n) is 2.71. The Hall–Kier alpha value is -0.570. The molecule has 1 saturated heterocycles. The molecule has 3 nitrogen and oxygen atoms in total. The van der Waals surface area contributed by atoms with Gasteiger partial charge in [0.1, 0.15) is 0 Å². The summed E-state index contributed by atoms with van der Waals surface area (Å²) in [6.07, 6.45) is 2.24. The van der Waals surface area contributed by atoms with Crippen LogP contribution in [0.2, 0.25) is 0 Å². The minimum Gasteiger partial charge on any atom is -0.337 e. The van der Waals surface area contributed by atoms with Crippen LogP contribution in [0.1, 0.15) is 19.8 Å². The summed E-state index contributed by atoms with van der Waals surface area (Å²) in [5.74, 6) is 0.773. The second-order valence-electron chi connectivity index (χ2n) is 3.86. The highest BCUT2D eigenvalue weighted by molar-refractivity contribution is 5.81. The molecule has 0 unspecified atom stereocenters. The van der Waals surface area contributed by atoms with Gasteiger partial charge in [-0.2, -0.15) is 0 Å². The van der Waals surface area contributed by atoms with Gasteiger partial charge in [-0.15, -0.1) is 0 Å². The second-order valence-corrected chi connectivity index (χ2v) is 3.86. The van der Waals surface area contributed by atoms with E-state index in [2.05, 4.69) is 12.2 Å².